The fraction of sp³-hybridized carbons (Fsp3) is 0.233. The number of nitriles is 1. The third kappa shape index (κ3) is 5.78. The molecule has 0 fully saturated rings. The molecule has 0 saturated heterocycles. The lowest BCUT2D eigenvalue weighted by molar-refractivity contribution is -0.140. The third-order valence-electron chi connectivity index (χ3n) is 6.13. The standard InChI is InChI=1S/C30H27N3O7/c1-4-38-25-15-19(14-20(16-31)27(34)32-17-21-8-7-13-39-21)11-12-24(25)40-30(37)26(18(2)3)33-28(35)22-9-5-6-10-23(22)29(33)36/h5-15,18,26H,4,17H2,1-3H3,(H,32,34)/b20-14+. The summed E-state index contributed by atoms with van der Waals surface area (Å²) in [6, 6.07) is 15.0. The van der Waals surface area contributed by atoms with Crippen LogP contribution in [0, 0.1) is 17.2 Å². The van der Waals surface area contributed by atoms with Crippen LogP contribution in [0.3, 0.4) is 0 Å². The lowest BCUT2D eigenvalue weighted by atomic mass is 10.0. The van der Waals surface area contributed by atoms with Crippen molar-refractivity contribution in [3.05, 3.63) is 88.9 Å². The lowest BCUT2D eigenvalue weighted by Crippen LogP contribution is -2.49. The topological polar surface area (TPSA) is 139 Å². The van der Waals surface area contributed by atoms with E-state index < -0.39 is 35.7 Å². The molecular weight excluding hydrogens is 514 g/mol. The number of rotatable bonds is 10. The van der Waals surface area contributed by atoms with Crippen LogP contribution in [0.4, 0.5) is 0 Å². The number of amides is 3. The molecule has 1 unspecified atom stereocenters. The Kier molecular flexibility index (Phi) is 8.45. The van der Waals surface area contributed by atoms with Gasteiger partial charge in [-0.15, -0.1) is 0 Å². The van der Waals surface area contributed by atoms with Crippen LogP contribution in [0.1, 0.15) is 52.8 Å². The number of imide groups is 1. The van der Waals surface area contributed by atoms with E-state index in [1.54, 1.807) is 63.2 Å². The predicted octanol–water partition coefficient (Wildman–Crippen LogP) is 4.13. The molecule has 0 spiro atoms. The molecule has 2 heterocycles. The average molecular weight is 542 g/mol. The lowest BCUT2D eigenvalue weighted by Gasteiger charge is -2.27. The zero-order chi connectivity index (χ0) is 28.8. The van der Waals surface area contributed by atoms with E-state index in [1.807, 2.05) is 6.07 Å². The van der Waals surface area contributed by atoms with E-state index in [2.05, 4.69) is 5.32 Å². The Morgan fingerprint density at radius 2 is 1.75 bits per heavy atom. The quantitative estimate of drug-likeness (QED) is 0.133. The monoisotopic (exact) mass is 541 g/mol. The summed E-state index contributed by atoms with van der Waals surface area (Å²) >= 11 is 0. The van der Waals surface area contributed by atoms with Crippen LogP contribution in [0.2, 0.25) is 0 Å². The Morgan fingerprint density at radius 3 is 2.33 bits per heavy atom. The Balaban J connectivity index is 1.55. The second-order valence-electron chi connectivity index (χ2n) is 9.21. The minimum atomic E-state index is -1.18. The van der Waals surface area contributed by atoms with Gasteiger partial charge in [-0.3, -0.25) is 19.3 Å². The number of ether oxygens (including phenoxy) is 2. The fourth-order valence-electron chi connectivity index (χ4n) is 4.26. The third-order valence-corrected chi connectivity index (χ3v) is 6.13. The molecule has 3 aromatic rings. The Hall–Kier alpha value is -5.17. The van der Waals surface area contributed by atoms with Crippen molar-refractivity contribution in [3.8, 4) is 17.6 Å². The van der Waals surface area contributed by atoms with Crippen LogP contribution >= 0.6 is 0 Å². The molecule has 4 rings (SSSR count). The smallest absolute Gasteiger partial charge is 0.335 e. The molecule has 1 aromatic heterocycles. The molecule has 1 N–H and O–H groups in total. The molecule has 3 amide bonds. The largest absolute Gasteiger partial charge is 0.490 e. The molecule has 40 heavy (non-hydrogen) atoms. The SMILES string of the molecule is CCOc1cc(/C=C(\C#N)C(=O)NCc2ccco2)ccc1OC(=O)C(C(C)C)N1C(=O)c2ccccc2C1=O. The average Bonchev–Trinajstić information content (AvgIpc) is 3.55. The second-order valence-corrected chi connectivity index (χ2v) is 9.21. The number of esters is 1. The summed E-state index contributed by atoms with van der Waals surface area (Å²) in [5.74, 6) is -2.17. The van der Waals surface area contributed by atoms with Crippen molar-refractivity contribution in [2.75, 3.05) is 6.61 Å². The molecule has 204 valence electrons. The maximum atomic E-state index is 13.4. The highest BCUT2D eigenvalue weighted by Crippen LogP contribution is 2.32. The van der Waals surface area contributed by atoms with Crippen molar-refractivity contribution in [1.82, 2.24) is 10.2 Å². The van der Waals surface area contributed by atoms with Gasteiger partial charge in [0.2, 0.25) is 0 Å². The van der Waals surface area contributed by atoms with Crippen molar-refractivity contribution < 1.29 is 33.1 Å². The van der Waals surface area contributed by atoms with Crippen LogP contribution in [-0.4, -0.2) is 41.2 Å². The highest BCUT2D eigenvalue weighted by atomic mass is 16.6. The first-order chi connectivity index (χ1) is 19.2. The number of furan rings is 1. The van der Waals surface area contributed by atoms with Gasteiger partial charge in [0.15, 0.2) is 11.5 Å². The molecule has 0 radical (unpaired) electrons. The Morgan fingerprint density at radius 1 is 1.05 bits per heavy atom. The van der Waals surface area contributed by atoms with Gasteiger partial charge < -0.3 is 19.2 Å². The zero-order valence-electron chi connectivity index (χ0n) is 22.2. The van der Waals surface area contributed by atoms with E-state index in [4.69, 9.17) is 13.9 Å². The first kappa shape index (κ1) is 27.9. The highest BCUT2D eigenvalue weighted by molar-refractivity contribution is 6.22. The number of nitrogens with one attached hydrogen (secondary N) is 1. The van der Waals surface area contributed by atoms with Crippen LogP contribution in [0.5, 0.6) is 11.5 Å². The molecule has 10 heteroatoms. The second kappa shape index (κ2) is 12.1. The van der Waals surface area contributed by atoms with Gasteiger partial charge in [-0.1, -0.05) is 32.0 Å². The molecule has 1 aliphatic rings. The zero-order valence-corrected chi connectivity index (χ0v) is 22.2. The molecule has 10 nitrogen and oxygen atoms in total. The van der Waals surface area contributed by atoms with Gasteiger partial charge in [-0.25, -0.2) is 4.79 Å². The minimum absolute atomic E-state index is 0.0621. The number of fused-ring (bicyclic) bond motifs is 1. The van der Waals surface area contributed by atoms with E-state index in [0.717, 1.165) is 4.90 Å². The van der Waals surface area contributed by atoms with E-state index in [-0.39, 0.29) is 41.4 Å². The molecular formula is C30H27N3O7. The first-order valence-corrected chi connectivity index (χ1v) is 12.6. The number of carbonyl (C=O) groups is 4. The summed E-state index contributed by atoms with van der Waals surface area (Å²) in [5, 5.41) is 12.1. The predicted molar refractivity (Wildman–Crippen MR) is 143 cm³/mol. The van der Waals surface area contributed by atoms with Crippen molar-refractivity contribution in [1.29, 1.82) is 5.26 Å². The van der Waals surface area contributed by atoms with E-state index in [0.29, 0.717) is 11.3 Å². The Labute approximate surface area is 230 Å². The molecule has 1 aliphatic heterocycles. The number of benzene rings is 2. The summed E-state index contributed by atoms with van der Waals surface area (Å²) in [5.41, 5.74) is 0.773. The van der Waals surface area contributed by atoms with Gasteiger partial charge in [0, 0.05) is 0 Å². The van der Waals surface area contributed by atoms with Crippen LogP contribution in [-0.2, 0) is 16.1 Å². The van der Waals surface area contributed by atoms with Crippen LogP contribution < -0.4 is 14.8 Å². The van der Waals surface area contributed by atoms with Crippen molar-refractivity contribution in [2.45, 2.75) is 33.4 Å². The molecule has 0 bridgehead atoms. The highest BCUT2D eigenvalue weighted by Gasteiger charge is 2.45. The number of nitrogens with zero attached hydrogens (tertiary/aromatic N) is 2. The van der Waals surface area contributed by atoms with Gasteiger partial charge in [-0.2, -0.15) is 5.26 Å². The number of hydrogen-bond acceptors (Lipinski definition) is 8. The van der Waals surface area contributed by atoms with Gasteiger partial charge in [0.05, 0.1) is 30.5 Å². The fourth-order valence-corrected chi connectivity index (χ4v) is 4.26. The van der Waals surface area contributed by atoms with Gasteiger partial charge in [0.1, 0.15) is 23.4 Å². The summed E-state index contributed by atoms with van der Waals surface area (Å²) in [6.45, 7) is 5.53. The van der Waals surface area contributed by atoms with Gasteiger partial charge in [0.25, 0.3) is 17.7 Å². The van der Waals surface area contributed by atoms with Crippen molar-refractivity contribution in [2.24, 2.45) is 5.92 Å². The Bertz CT molecular complexity index is 1480. The maximum absolute atomic E-state index is 13.4. The summed E-state index contributed by atoms with van der Waals surface area (Å²) in [7, 11) is 0. The molecule has 0 saturated carbocycles. The van der Waals surface area contributed by atoms with Crippen molar-refractivity contribution >= 4 is 29.8 Å². The first-order valence-electron chi connectivity index (χ1n) is 12.6. The van der Waals surface area contributed by atoms with E-state index >= 15 is 0 Å². The van der Waals surface area contributed by atoms with Gasteiger partial charge >= 0.3 is 5.97 Å². The summed E-state index contributed by atoms with van der Waals surface area (Å²) in [6.07, 6.45) is 2.86. The van der Waals surface area contributed by atoms with Crippen LogP contribution in [0.25, 0.3) is 6.08 Å². The minimum Gasteiger partial charge on any atom is -0.490 e. The van der Waals surface area contributed by atoms with E-state index in [1.165, 1.54) is 24.5 Å². The molecule has 1 atom stereocenters. The van der Waals surface area contributed by atoms with Crippen molar-refractivity contribution in [3.63, 3.8) is 0 Å². The summed E-state index contributed by atoms with van der Waals surface area (Å²) in [4.78, 5) is 52.9. The molecule has 2 aromatic carbocycles. The summed E-state index contributed by atoms with van der Waals surface area (Å²) < 4.78 is 16.5. The normalized spacial score (nSPS) is 13.6. The van der Waals surface area contributed by atoms with Gasteiger partial charge in [-0.05, 0) is 60.9 Å². The number of hydrogen-bond donors (Lipinski definition) is 1. The molecule has 0 aliphatic carbocycles. The van der Waals surface area contributed by atoms with E-state index in [9.17, 15) is 24.4 Å². The van der Waals surface area contributed by atoms with Crippen LogP contribution in [0.15, 0.2) is 70.9 Å². The number of carbonyl (C=O) groups excluding carboxylic acids is 4. The maximum Gasteiger partial charge on any atom is 0.335 e.